The Bertz CT molecular complexity index is 1050. The summed E-state index contributed by atoms with van der Waals surface area (Å²) in [6.45, 7) is 10.1. The Balaban J connectivity index is 1.52. The van der Waals surface area contributed by atoms with E-state index in [0.29, 0.717) is 18.6 Å². The maximum atomic E-state index is 13.4. The molecule has 32 heavy (non-hydrogen) atoms. The highest BCUT2D eigenvalue weighted by Crippen LogP contribution is 2.34. The van der Waals surface area contributed by atoms with E-state index in [0.717, 1.165) is 11.1 Å². The van der Waals surface area contributed by atoms with Gasteiger partial charge in [-0.3, -0.25) is 4.79 Å². The number of carbonyl (C=O) groups excluding carboxylic acids is 2. The van der Waals surface area contributed by atoms with Crippen LogP contribution in [0.5, 0.6) is 0 Å². The smallest absolute Gasteiger partial charge is 0.417 e. The summed E-state index contributed by atoms with van der Waals surface area (Å²) < 4.78 is 5.56. The first-order valence-electron chi connectivity index (χ1n) is 11.0. The van der Waals surface area contributed by atoms with Gasteiger partial charge in [0.15, 0.2) is 0 Å². The van der Waals surface area contributed by atoms with Crippen LogP contribution in [0.2, 0.25) is 0 Å². The van der Waals surface area contributed by atoms with E-state index < -0.39 is 29.7 Å². The molecular weight excluding hydrogens is 404 g/mol. The van der Waals surface area contributed by atoms with Crippen LogP contribution in [-0.4, -0.2) is 40.4 Å². The Labute approximate surface area is 189 Å². The fraction of sp³-hybridized carbons (Fsp3) is 0.423. The minimum absolute atomic E-state index is 0.000797. The van der Waals surface area contributed by atoms with E-state index >= 15 is 0 Å². The first-order chi connectivity index (χ1) is 15.1. The van der Waals surface area contributed by atoms with E-state index in [2.05, 4.69) is 38.1 Å². The number of carbonyl (C=O) groups is 2. The lowest BCUT2D eigenvalue weighted by atomic mass is 9.85. The minimum atomic E-state index is -0.844. The SMILES string of the molecule is CC(C)(C)c1cccc(C2=NO[C@H](C(=O)N3C(=O)OC(C)(C)[C@@H]3Cc3ccccc3)C2)c1. The van der Waals surface area contributed by atoms with Gasteiger partial charge in [-0.05, 0) is 48.4 Å². The lowest BCUT2D eigenvalue weighted by molar-refractivity contribution is -0.140. The third kappa shape index (κ3) is 4.27. The van der Waals surface area contributed by atoms with Gasteiger partial charge in [-0.2, -0.15) is 0 Å². The van der Waals surface area contributed by atoms with Crippen molar-refractivity contribution in [2.45, 2.75) is 70.6 Å². The third-order valence-electron chi connectivity index (χ3n) is 6.18. The van der Waals surface area contributed by atoms with Crippen molar-refractivity contribution in [2.24, 2.45) is 5.16 Å². The Morgan fingerprint density at radius 2 is 1.84 bits per heavy atom. The van der Waals surface area contributed by atoms with Gasteiger partial charge in [0.1, 0.15) is 5.60 Å². The molecule has 2 aliphatic rings. The first-order valence-corrected chi connectivity index (χ1v) is 11.0. The Morgan fingerprint density at radius 3 is 2.53 bits per heavy atom. The Kier molecular flexibility index (Phi) is 5.57. The number of nitrogens with zero attached hydrogens (tertiary/aromatic N) is 2. The van der Waals surface area contributed by atoms with Gasteiger partial charge in [-0.15, -0.1) is 0 Å². The highest BCUT2D eigenvalue weighted by atomic mass is 16.6. The number of amides is 2. The van der Waals surface area contributed by atoms with Crippen molar-refractivity contribution in [1.82, 2.24) is 4.90 Å². The molecule has 0 radical (unpaired) electrons. The van der Waals surface area contributed by atoms with Gasteiger partial charge in [0.25, 0.3) is 5.91 Å². The van der Waals surface area contributed by atoms with Gasteiger partial charge in [0.05, 0.1) is 11.8 Å². The lowest BCUT2D eigenvalue weighted by Crippen LogP contribution is -2.49. The van der Waals surface area contributed by atoms with E-state index in [4.69, 9.17) is 9.57 Å². The number of cyclic esters (lactones) is 1. The third-order valence-corrected chi connectivity index (χ3v) is 6.18. The molecular formula is C26H30N2O4. The van der Waals surface area contributed by atoms with Crippen molar-refractivity contribution in [3.05, 3.63) is 71.3 Å². The zero-order valence-electron chi connectivity index (χ0n) is 19.3. The molecule has 168 valence electrons. The standard InChI is InChI=1S/C26H30N2O4/c1-25(2,3)19-13-9-12-18(15-19)20-16-21(32-27-20)23(29)28-22(26(4,5)31-24(28)30)14-17-10-7-6-8-11-17/h6-13,15,21-22H,14,16H2,1-5H3/t21-,22-/m0/s1. The van der Waals surface area contributed by atoms with Gasteiger partial charge in [0, 0.05) is 6.42 Å². The van der Waals surface area contributed by atoms with Gasteiger partial charge in [-0.25, -0.2) is 9.69 Å². The van der Waals surface area contributed by atoms with E-state index in [9.17, 15) is 9.59 Å². The Hall–Kier alpha value is -3.15. The van der Waals surface area contributed by atoms with Crippen LogP contribution in [0.4, 0.5) is 4.79 Å². The largest absolute Gasteiger partial charge is 0.441 e. The highest BCUT2D eigenvalue weighted by Gasteiger charge is 2.52. The van der Waals surface area contributed by atoms with Crippen LogP contribution >= 0.6 is 0 Å². The maximum absolute atomic E-state index is 13.4. The quantitative estimate of drug-likeness (QED) is 0.690. The topological polar surface area (TPSA) is 68.2 Å². The molecule has 0 aromatic heterocycles. The van der Waals surface area contributed by atoms with Crippen LogP contribution in [0, 0.1) is 0 Å². The van der Waals surface area contributed by atoms with Crippen LogP contribution in [0.25, 0.3) is 0 Å². The van der Waals surface area contributed by atoms with Crippen LogP contribution in [0.1, 0.15) is 57.7 Å². The van der Waals surface area contributed by atoms with Crippen molar-refractivity contribution >= 4 is 17.7 Å². The number of hydrogen-bond donors (Lipinski definition) is 0. The molecule has 1 fully saturated rings. The normalized spacial score (nSPS) is 22.3. The summed E-state index contributed by atoms with van der Waals surface area (Å²) in [5.74, 6) is -0.410. The van der Waals surface area contributed by atoms with Gasteiger partial charge in [-0.1, -0.05) is 74.5 Å². The molecule has 0 bridgehead atoms. The van der Waals surface area contributed by atoms with Crippen molar-refractivity contribution in [3.63, 3.8) is 0 Å². The predicted octanol–water partition coefficient (Wildman–Crippen LogP) is 4.85. The maximum Gasteiger partial charge on any atom is 0.417 e. The fourth-order valence-electron chi connectivity index (χ4n) is 4.20. The van der Waals surface area contributed by atoms with Crippen molar-refractivity contribution in [2.75, 3.05) is 0 Å². The van der Waals surface area contributed by atoms with Crippen LogP contribution in [-0.2, 0) is 26.2 Å². The molecule has 2 heterocycles. The molecule has 6 heteroatoms. The summed E-state index contributed by atoms with van der Waals surface area (Å²) in [6.07, 6.45) is -0.649. The lowest BCUT2D eigenvalue weighted by Gasteiger charge is -2.28. The van der Waals surface area contributed by atoms with Gasteiger partial charge >= 0.3 is 6.09 Å². The fourth-order valence-corrected chi connectivity index (χ4v) is 4.20. The van der Waals surface area contributed by atoms with E-state index in [-0.39, 0.29) is 5.41 Å². The molecule has 4 rings (SSSR count). The molecule has 0 N–H and O–H groups in total. The van der Waals surface area contributed by atoms with E-state index in [1.807, 2.05) is 56.3 Å². The number of oxime groups is 1. The molecule has 2 aromatic rings. The molecule has 0 spiro atoms. The van der Waals surface area contributed by atoms with Crippen molar-refractivity contribution in [1.29, 1.82) is 0 Å². The van der Waals surface area contributed by atoms with E-state index in [1.165, 1.54) is 10.5 Å². The summed E-state index contributed by atoms with van der Waals surface area (Å²) >= 11 is 0. The summed E-state index contributed by atoms with van der Waals surface area (Å²) in [5.41, 5.74) is 3.05. The molecule has 2 aliphatic heterocycles. The number of ether oxygens (including phenoxy) is 1. The van der Waals surface area contributed by atoms with Crippen LogP contribution in [0.3, 0.4) is 0 Å². The average molecular weight is 435 g/mol. The summed E-state index contributed by atoms with van der Waals surface area (Å²) in [7, 11) is 0. The number of benzene rings is 2. The second kappa shape index (κ2) is 8.08. The Morgan fingerprint density at radius 1 is 1.12 bits per heavy atom. The number of rotatable bonds is 4. The first kappa shape index (κ1) is 22.1. The molecule has 0 saturated carbocycles. The van der Waals surface area contributed by atoms with E-state index in [1.54, 1.807) is 0 Å². The average Bonchev–Trinajstić information content (AvgIpc) is 3.31. The molecule has 1 saturated heterocycles. The molecule has 6 nitrogen and oxygen atoms in total. The second-order valence-corrected chi connectivity index (χ2v) is 10.1. The number of imide groups is 1. The van der Waals surface area contributed by atoms with Crippen LogP contribution in [0.15, 0.2) is 59.8 Å². The van der Waals surface area contributed by atoms with Crippen molar-refractivity contribution in [3.8, 4) is 0 Å². The molecule has 2 amide bonds. The zero-order valence-corrected chi connectivity index (χ0v) is 19.3. The number of hydrogen-bond acceptors (Lipinski definition) is 5. The zero-order chi connectivity index (χ0) is 23.1. The van der Waals surface area contributed by atoms with Gasteiger partial charge < -0.3 is 9.57 Å². The summed E-state index contributed by atoms with van der Waals surface area (Å²) in [6, 6.07) is 17.5. The molecule has 0 unspecified atom stereocenters. The monoisotopic (exact) mass is 434 g/mol. The highest BCUT2D eigenvalue weighted by molar-refractivity contribution is 6.06. The predicted molar refractivity (Wildman–Crippen MR) is 123 cm³/mol. The van der Waals surface area contributed by atoms with Crippen LogP contribution < -0.4 is 0 Å². The molecule has 0 aliphatic carbocycles. The van der Waals surface area contributed by atoms with Crippen molar-refractivity contribution < 1.29 is 19.2 Å². The summed E-state index contributed by atoms with van der Waals surface area (Å²) in [4.78, 5) is 32.8. The summed E-state index contributed by atoms with van der Waals surface area (Å²) in [5, 5.41) is 4.19. The van der Waals surface area contributed by atoms with Gasteiger partial charge in [0.2, 0.25) is 6.10 Å². The minimum Gasteiger partial charge on any atom is -0.441 e. The second-order valence-electron chi connectivity index (χ2n) is 10.1. The molecule has 2 aromatic carbocycles. The molecule has 2 atom stereocenters.